The summed E-state index contributed by atoms with van der Waals surface area (Å²) < 4.78 is 31.2. The van der Waals surface area contributed by atoms with Crippen LogP contribution in [0.5, 0.6) is 0 Å². The van der Waals surface area contributed by atoms with Gasteiger partial charge in [0.1, 0.15) is 33.0 Å². The lowest BCUT2D eigenvalue weighted by Gasteiger charge is -2.46. The molecule has 16 heteroatoms. The molecule has 0 aliphatic heterocycles. The van der Waals surface area contributed by atoms with Gasteiger partial charge in [-0.15, -0.1) is 0 Å². The Labute approximate surface area is 320 Å². The number of carbonyl (C=O) groups excluding carboxylic acids is 6. The second kappa shape index (κ2) is 24.3. The molecule has 0 bridgehead atoms. The van der Waals surface area contributed by atoms with Crippen molar-refractivity contribution in [2.45, 2.75) is 79.7 Å². The van der Waals surface area contributed by atoms with Crippen LogP contribution in [0.15, 0.2) is 25.3 Å². The highest BCUT2D eigenvalue weighted by molar-refractivity contribution is 5.81. The number of rotatable bonds is 24. The zero-order chi connectivity index (χ0) is 40.8. The van der Waals surface area contributed by atoms with E-state index in [4.69, 9.17) is 28.4 Å². The van der Waals surface area contributed by atoms with E-state index in [0.717, 1.165) is 18.6 Å². The van der Waals surface area contributed by atoms with Crippen molar-refractivity contribution in [1.82, 2.24) is 20.4 Å². The number of nitrogens with zero attached hydrogens (tertiary/aromatic N) is 2. The number of amides is 2. The molecule has 0 saturated heterocycles. The number of hydrogen-bond donors (Lipinski definition) is 2. The molecule has 1 rings (SSSR count). The molecule has 1 saturated carbocycles. The molecule has 0 aromatic carbocycles. The third kappa shape index (κ3) is 23.5. The highest BCUT2D eigenvalue weighted by atomic mass is 16.6. The van der Waals surface area contributed by atoms with Crippen LogP contribution in [-0.2, 0) is 47.6 Å². The predicted octanol–water partition coefficient (Wildman–Crippen LogP) is 3.63. The van der Waals surface area contributed by atoms with E-state index in [1.54, 1.807) is 0 Å². The average molecular weight is 769 g/mol. The Morgan fingerprint density at radius 3 is 1.87 bits per heavy atom. The van der Waals surface area contributed by atoms with Crippen molar-refractivity contribution in [2.75, 3.05) is 86.0 Å². The summed E-state index contributed by atoms with van der Waals surface area (Å²) in [5.41, 5.74) is -0.592. The van der Waals surface area contributed by atoms with Gasteiger partial charge in [-0.2, -0.15) is 0 Å². The van der Waals surface area contributed by atoms with Crippen LogP contribution < -0.4 is 10.6 Å². The van der Waals surface area contributed by atoms with Crippen molar-refractivity contribution in [2.24, 2.45) is 16.2 Å². The summed E-state index contributed by atoms with van der Waals surface area (Å²) in [5, 5.41) is 5.73. The summed E-state index contributed by atoms with van der Waals surface area (Å²) in [6.45, 7) is 21.3. The monoisotopic (exact) mass is 768 g/mol. The molecule has 1 aliphatic carbocycles. The quantitative estimate of drug-likeness (QED) is 0.0627. The standard InChI is InChI=1S/C38H64N4O12/c1-10-30(43)49-20-17-42(15-13-32(45)50-19-16-41(9)14-12-33(46)54-28-36(3,4)5)18-21-52-34(47)39-27-38(8)25-29(24-37(6,7)26-38)40-35(48)53-23-22-51-31(44)11-2/h10-11,29H,1-2,12-28H2,3-9H3,(H,39,47)(H,40,48). The van der Waals surface area contributed by atoms with E-state index in [2.05, 4.69) is 37.6 Å². The van der Waals surface area contributed by atoms with Crippen LogP contribution in [0.4, 0.5) is 9.59 Å². The van der Waals surface area contributed by atoms with Gasteiger partial charge in [0.05, 0.1) is 19.4 Å². The van der Waals surface area contributed by atoms with E-state index < -0.39 is 30.1 Å². The van der Waals surface area contributed by atoms with Crippen molar-refractivity contribution in [3.05, 3.63) is 25.3 Å². The Balaban J connectivity index is 2.52. The Morgan fingerprint density at radius 2 is 1.24 bits per heavy atom. The average Bonchev–Trinajstić information content (AvgIpc) is 3.08. The summed E-state index contributed by atoms with van der Waals surface area (Å²) in [7, 11) is 1.83. The Morgan fingerprint density at radius 1 is 0.704 bits per heavy atom. The van der Waals surface area contributed by atoms with Crippen molar-refractivity contribution >= 4 is 36.1 Å². The van der Waals surface area contributed by atoms with Gasteiger partial charge < -0.3 is 44.0 Å². The third-order valence-electron chi connectivity index (χ3n) is 8.34. The molecular weight excluding hydrogens is 704 g/mol. The van der Waals surface area contributed by atoms with E-state index in [1.807, 2.05) is 44.5 Å². The minimum atomic E-state index is -0.616. The van der Waals surface area contributed by atoms with Crippen LogP contribution in [0.2, 0.25) is 0 Å². The molecule has 0 aromatic rings. The molecule has 54 heavy (non-hydrogen) atoms. The van der Waals surface area contributed by atoms with Gasteiger partial charge in [0, 0.05) is 57.5 Å². The molecule has 2 amide bonds. The fraction of sp³-hybridized carbons (Fsp3) is 0.737. The fourth-order valence-electron chi connectivity index (χ4n) is 6.09. The first kappa shape index (κ1) is 47.8. The van der Waals surface area contributed by atoms with Crippen LogP contribution in [0.3, 0.4) is 0 Å². The van der Waals surface area contributed by atoms with Gasteiger partial charge in [-0.05, 0) is 42.6 Å². The minimum absolute atomic E-state index is 0.0135. The maximum Gasteiger partial charge on any atom is 0.407 e. The molecule has 1 aliphatic rings. The second-order valence-electron chi connectivity index (χ2n) is 15.9. The number of hydrogen-bond acceptors (Lipinski definition) is 14. The van der Waals surface area contributed by atoms with Crippen molar-refractivity contribution in [3.8, 4) is 0 Å². The van der Waals surface area contributed by atoms with Gasteiger partial charge in [0.25, 0.3) is 0 Å². The van der Waals surface area contributed by atoms with Crippen LogP contribution in [0, 0.1) is 16.2 Å². The van der Waals surface area contributed by atoms with Crippen molar-refractivity contribution < 1.29 is 57.2 Å². The Hall–Kier alpha value is -4.18. The first-order valence-electron chi connectivity index (χ1n) is 18.4. The highest BCUT2D eigenvalue weighted by Gasteiger charge is 2.42. The van der Waals surface area contributed by atoms with E-state index >= 15 is 0 Å². The molecule has 2 unspecified atom stereocenters. The largest absolute Gasteiger partial charge is 0.465 e. The normalized spacial score (nSPS) is 17.8. The third-order valence-corrected chi connectivity index (χ3v) is 8.34. The molecule has 2 atom stereocenters. The van der Waals surface area contributed by atoms with Crippen LogP contribution in [0.1, 0.15) is 73.6 Å². The second-order valence-corrected chi connectivity index (χ2v) is 15.9. The van der Waals surface area contributed by atoms with Crippen molar-refractivity contribution in [1.29, 1.82) is 0 Å². The molecule has 1 fully saturated rings. The van der Waals surface area contributed by atoms with Gasteiger partial charge in [-0.3, -0.25) is 14.5 Å². The first-order valence-corrected chi connectivity index (χ1v) is 18.4. The molecular formula is C38H64N4O12. The van der Waals surface area contributed by atoms with Gasteiger partial charge in [0.2, 0.25) is 0 Å². The predicted molar refractivity (Wildman–Crippen MR) is 200 cm³/mol. The van der Waals surface area contributed by atoms with E-state index in [0.29, 0.717) is 39.1 Å². The zero-order valence-corrected chi connectivity index (χ0v) is 33.5. The van der Waals surface area contributed by atoms with E-state index in [1.165, 1.54) is 0 Å². The van der Waals surface area contributed by atoms with Gasteiger partial charge in [0.15, 0.2) is 0 Å². The molecule has 0 spiro atoms. The number of nitrogens with one attached hydrogen (secondary N) is 2. The van der Waals surface area contributed by atoms with Crippen LogP contribution in [0.25, 0.3) is 0 Å². The zero-order valence-electron chi connectivity index (χ0n) is 33.5. The Kier molecular flexibility index (Phi) is 21.5. The summed E-state index contributed by atoms with van der Waals surface area (Å²) in [5.74, 6) is -1.86. The molecule has 16 nitrogen and oxygen atoms in total. The maximum absolute atomic E-state index is 12.7. The summed E-state index contributed by atoms with van der Waals surface area (Å²) in [4.78, 5) is 75.9. The van der Waals surface area contributed by atoms with E-state index in [9.17, 15) is 28.8 Å². The highest BCUT2D eigenvalue weighted by Crippen LogP contribution is 2.45. The molecule has 308 valence electrons. The number of esters is 4. The van der Waals surface area contributed by atoms with Gasteiger partial charge in [-0.25, -0.2) is 19.2 Å². The van der Waals surface area contributed by atoms with Gasteiger partial charge in [-0.1, -0.05) is 54.7 Å². The van der Waals surface area contributed by atoms with Crippen LogP contribution in [-0.4, -0.2) is 138 Å². The van der Waals surface area contributed by atoms with Crippen LogP contribution >= 0.6 is 0 Å². The minimum Gasteiger partial charge on any atom is -0.465 e. The SMILES string of the molecule is C=CC(=O)OCCOC(=O)NC1CC(C)(C)CC(C)(CNC(=O)OCCN(CCOC(=O)C=C)CCC(=O)OCCN(C)CCC(=O)OCC(C)(C)C)C1. The molecule has 0 aromatic heterocycles. The number of likely N-dealkylation sites (N-methyl/N-ethyl adjacent to an activating group) is 1. The Bertz CT molecular complexity index is 1250. The molecule has 2 N–H and O–H groups in total. The first-order chi connectivity index (χ1) is 25.2. The number of ether oxygens (including phenoxy) is 6. The van der Waals surface area contributed by atoms with Gasteiger partial charge >= 0.3 is 36.1 Å². The lowest BCUT2D eigenvalue weighted by molar-refractivity contribution is -0.147. The van der Waals surface area contributed by atoms with Crippen molar-refractivity contribution in [3.63, 3.8) is 0 Å². The summed E-state index contributed by atoms with van der Waals surface area (Å²) >= 11 is 0. The maximum atomic E-state index is 12.7. The molecule has 0 radical (unpaired) electrons. The topological polar surface area (TPSA) is 188 Å². The molecule has 0 heterocycles. The fourth-order valence-corrected chi connectivity index (χ4v) is 6.09. The van der Waals surface area contributed by atoms with E-state index in [-0.39, 0.29) is 93.8 Å². The number of alkyl carbamates (subject to hydrolysis) is 2. The lowest BCUT2D eigenvalue weighted by atomic mass is 9.62. The summed E-state index contributed by atoms with van der Waals surface area (Å²) in [6.07, 6.45) is 3.26. The smallest absolute Gasteiger partial charge is 0.407 e. The summed E-state index contributed by atoms with van der Waals surface area (Å²) in [6, 6.07) is -0.203. The number of carbonyl (C=O) groups is 6. The lowest BCUT2D eigenvalue weighted by Crippen LogP contribution is -2.50.